The van der Waals surface area contributed by atoms with E-state index >= 15 is 0 Å². The number of hydrogen-bond acceptors (Lipinski definition) is 4. The number of carbonyl (C=O) groups is 1. The van der Waals surface area contributed by atoms with Crippen molar-refractivity contribution in [2.24, 2.45) is 0 Å². The Balaban J connectivity index is 2.12. The number of aldehydes is 1. The molecule has 2 aromatic carbocycles. The van der Waals surface area contributed by atoms with Crippen molar-refractivity contribution in [2.45, 2.75) is 12.1 Å². The SMILES string of the molecule is CSc1ncc(-c2ccc3c(C=O)c(C)ccc3c2)cn1. The molecule has 3 aromatic rings. The molecule has 4 heteroatoms. The van der Waals surface area contributed by atoms with Crippen molar-refractivity contribution >= 4 is 28.8 Å². The monoisotopic (exact) mass is 294 g/mol. The summed E-state index contributed by atoms with van der Waals surface area (Å²) >= 11 is 1.52. The molecule has 0 saturated carbocycles. The van der Waals surface area contributed by atoms with Crippen LogP contribution in [-0.2, 0) is 0 Å². The van der Waals surface area contributed by atoms with Crippen molar-refractivity contribution in [2.75, 3.05) is 6.26 Å². The molecule has 1 heterocycles. The molecule has 0 fully saturated rings. The van der Waals surface area contributed by atoms with Gasteiger partial charge < -0.3 is 0 Å². The summed E-state index contributed by atoms with van der Waals surface area (Å²) in [4.78, 5) is 19.8. The average Bonchev–Trinajstić information content (AvgIpc) is 2.54. The minimum atomic E-state index is 0.757. The summed E-state index contributed by atoms with van der Waals surface area (Å²) in [5, 5.41) is 2.79. The van der Waals surface area contributed by atoms with E-state index in [0.29, 0.717) is 0 Å². The predicted octanol–water partition coefficient (Wildman–Crippen LogP) is 4.14. The van der Waals surface area contributed by atoms with Crippen LogP contribution in [0, 0.1) is 6.92 Å². The minimum Gasteiger partial charge on any atom is -0.298 e. The summed E-state index contributed by atoms with van der Waals surface area (Å²) in [5.41, 5.74) is 3.78. The first-order valence-electron chi connectivity index (χ1n) is 6.58. The lowest BCUT2D eigenvalue weighted by molar-refractivity contribution is 0.112. The Hall–Kier alpha value is -2.20. The van der Waals surface area contributed by atoms with E-state index in [9.17, 15) is 4.79 Å². The summed E-state index contributed by atoms with van der Waals surface area (Å²) in [6.07, 6.45) is 6.53. The maximum Gasteiger partial charge on any atom is 0.187 e. The quantitative estimate of drug-likeness (QED) is 0.413. The van der Waals surface area contributed by atoms with E-state index in [1.54, 1.807) is 0 Å². The number of fused-ring (bicyclic) bond motifs is 1. The standard InChI is InChI=1S/C17H14N2OS/c1-11-3-4-13-7-12(5-6-15(13)16(11)10-20)14-8-18-17(21-2)19-9-14/h3-10H,1-2H3. The zero-order valence-corrected chi connectivity index (χ0v) is 12.6. The van der Waals surface area contributed by atoms with Gasteiger partial charge in [0.25, 0.3) is 0 Å². The molecule has 1 aromatic heterocycles. The van der Waals surface area contributed by atoms with E-state index in [1.807, 2.05) is 49.8 Å². The molecule has 0 aliphatic carbocycles. The van der Waals surface area contributed by atoms with E-state index < -0.39 is 0 Å². The van der Waals surface area contributed by atoms with Gasteiger partial charge in [-0.25, -0.2) is 9.97 Å². The van der Waals surface area contributed by atoms with Gasteiger partial charge >= 0.3 is 0 Å². The van der Waals surface area contributed by atoms with Gasteiger partial charge in [0.05, 0.1) is 0 Å². The molecule has 0 radical (unpaired) electrons. The second kappa shape index (κ2) is 5.66. The first-order chi connectivity index (χ1) is 10.2. The minimum absolute atomic E-state index is 0.757. The van der Waals surface area contributed by atoms with Gasteiger partial charge in [0.15, 0.2) is 11.4 Å². The first kappa shape index (κ1) is 13.8. The number of thioether (sulfide) groups is 1. The van der Waals surface area contributed by atoms with E-state index in [-0.39, 0.29) is 0 Å². The highest BCUT2D eigenvalue weighted by atomic mass is 32.2. The molecule has 3 nitrogen and oxygen atoms in total. The van der Waals surface area contributed by atoms with Crippen LogP contribution >= 0.6 is 11.8 Å². The Morgan fingerprint density at radius 2 is 1.81 bits per heavy atom. The third-order valence-corrected chi connectivity index (χ3v) is 4.12. The van der Waals surface area contributed by atoms with Gasteiger partial charge in [0.1, 0.15) is 0 Å². The molecule has 0 spiro atoms. The maximum atomic E-state index is 11.2. The van der Waals surface area contributed by atoms with Gasteiger partial charge in [0, 0.05) is 23.5 Å². The summed E-state index contributed by atoms with van der Waals surface area (Å²) in [6, 6.07) is 10.1. The second-order valence-electron chi connectivity index (χ2n) is 4.81. The van der Waals surface area contributed by atoms with Crippen LogP contribution in [-0.4, -0.2) is 22.5 Å². The molecule has 0 bridgehead atoms. The topological polar surface area (TPSA) is 42.9 Å². The number of benzene rings is 2. The number of carbonyl (C=O) groups excluding carboxylic acids is 1. The highest BCUT2D eigenvalue weighted by molar-refractivity contribution is 7.98. The highest BCUT2D eigenvalue weighted by Gasteiger charge is 2.06. The fourth-order valence-electron chi connectivity index (χ4n) is 2.37. The smallest absolute Gasteiger partial charge is 0.187 e. The molecule has 0 unspecified atom stereocenters. The second-order valence-corrected chi connectivity index (χ2v) is 5.58. The Bertz CT molecular complexity index is 813. The normalized spacial score (nSPS) is 10.8. The van der Waals surface area contributed by atoms with Crippen LogP contribution < -0.4 is 0 Å². The van der Waals surface area contributed by atoms with Crippen molar-refractivity contribution in [3.05, 3.63) is 53.9 Å². The van der Waals surface area contributed by atoms with E-state index in [0.717, 1.165) is 44.5 Å². The van der Waals surface area contributed by atoms with E-state index in [2.05, 4.69) is 16.0 Å². The lowest BCUT2D eigenvalue weighted by atomic mass is 9.97. The number of aryl methyl sites for hydroxylation is 1. The van der Waals surface area contributed by atoms with Gasteiger partial charge in [0.2, 0.25) is 0 Å². The lowest BCUT2D eigenvalue weighted by Crippen LogP contribution is -1.90. The molecule has 0 atom stereocenters. The Labute approximate surface area is 127 Å². The molecule has 21 heavy (non-hydrogen) atoms. The molecular formula is C17H14N2OS. The summed E-state index contributed by atoms with van der Waals surface area (Å²) in [7, 11) is 0. The molecule has 3 rings (SSSR count). The van der Waals surface area contributed by atoms with Crippen molar-refractivity contribution in [1.82, 2.24) is 9.97 Å². The van der Waals surface area contributed by atoms with E-state index in [1.165, 1.54) is 11.8 Å². The third kappa shape index (κ3) is 2.54. The van der Waals surface area contributed by atoms with Gasteiger partial charge in [-0.3, -0.25) is 4.79 Å². The molecular weight excluding hydrogens is 280 g/mol. The van der Waals surface area contributed by atoms with Gasteiger partial charge in [-0.15, -0.1) is 0 Å². The predicted molar refractivity (Wildman–Crippen MR) is 86.9 cm³/mol. The fourth-order valence-corrected chi connectivity index (χ4v) is 2.69. The first-order valence-corrected chi connectivity index (χ1v) is 7.80. The Morgan fingerprint density at radius 3 is 2.48 bits per heavy atom. The average molecular weight is 294 g/mol. The van der Waals surface area contributed by atoms with Crippen LogP contribution in [0.5, 0.6) is 0 Å². The van der Waals surface area contributed by atoms with Crippen molar-refractivity contribution in [1.29, 1.82) is 0 Å². The van der Waals surface area contributed by atoms with E-state index in [4.69, 9.17) is 0 Å². The molecule has 0 N–H and O–H groups in total. The molecule has 0 amide bonds. The van der Waals surface area contributed by atoms with Crippen molar-refractivity contribution < 1.29 is 4.79 Å². The zero-order valence-electron chi connectivity index (χ0n) is 11.8. The van der Waals surface area contributed by atoms with Gasteiger partial charge in [-0.2, -0.15) is 0 Å². The molecule has 0 aliphatic heterocycles. The van der Waals surface area contributed by atoms with Crippen LogP contribution in [0.4, 0.5) is 0 Å². The maximum absolute atomic E-state index is 11.2. The van der Waals surface area contributed by atoms with Crippen LogP contribution in [0.25, 0.3) is 21.9 Å². The summed E-state index contributed by atoms with van der Waals surface area (Å²) in [5.74, 6) is 0. The molecule has 104 valence electrons. The number of nitrogens with zero attached hydrogens (tertiary/aromatic N) is 2. The number of aromatic nitrogens is 2. The largest absolute Gasteiger partial charge is 0.298 e. The number of hydrogen-bond donors (Lipinski definition) is 0. The lowest BCUT2D eigenvalue weighted by Gasteiger charge is -2.07. The zero-order chi connectivity index (χ0) is 14.8. The van der Waals surface area contributed by atoms with Crippen molar-refractivity contribution in [3.8, 4) is 11.1 Å². The summed E-state index contributed by atoms with van der Waals surface area (Å²) in [6.45, 7) is 1.95. The van der Waals surface area contributed by atoms with Crippen molar-refractivity contribution in [3.63, 3.8) is 0 Å². The van der Waals surface area contributed by atoms with Gasteiger partial charge in [-0.05, 0) is 41.1 Å². The Kier molecular flexibility index (Phi) is 3.71. The molecule has 0 aliphatic rings. The Morgan fingerprint density at radius 1 is 1.05 bits per heavy atom. The van der Waals surface area contributed by atoms with Crippen LogP contribution in [0.1, 0.15) is 15.9 Å². The van der Waals surface area contributed by atoms with Crippen LogP contribution in [0.15, 0.2) is 47.9 Å². The third-order valence-electron chi connectivity index (χ3n) is 3.54. The molecule has 0 saturated heterocycles. The van der Waals surface area contributed by atoms with Crippen LogP contribution in [0.2, 0.25) is 0 Å². The fraction of sp³-hybridized carbons (Fsp3) is 0.118. The van der Waals surface area contributed by atoms with Gasteiger partial charge in [-0.1, -0.05) is 36.0 Å². The number of rotatable bonds is 3. The highest BCUT2D eigenvalue weighted by Crippen LogP contribution is 2.27. The van der Waals surface area contributed by atoms with Crippen LogP contribution in [0.3, 0.4) is 0 Å². The summed E-state index contributed by atoms with van der Waals surface area (Å²) < 4.78 is 0.